The van der Waals surface area contributed by atoms with E-state index in [1.807, 2.05) is 0 Å². The fourth-order valence-corrected chi connectivity index (χ4v) is 2.95. The van der Waals surface area contributed by atoms with E-state index in [4.69, 9.17) is 10.5 Å². The smallest absolute Gasteiger partial charge is 0.228 e. The van der Waals surface area contributed by atoms with Crippen molar-refractivity contribution in [3.05, 3.63) is 36.4 Å². The van der Waals surface area contributed by atoms with Gasteiger partial charge < -0.3 is 25.8 Å². The molecule has 28 heavy (non-hydrogen) atoms. The summed E-state index contributed by atoms with van der Waals surface area (Å²) in [4.78, 5) is 16.3. The number of nitrogen functional groups attached to an aromatic ring is 1. The Kier molecular flexibility index (Phi) is 4.83. The van der Waals surface area contributed by atoms with Crippen LogP contribution in [0.2, 0.25) is 0 Å². The molecule has 3 aromatic heterocycles. The third-order valence-electron chi connectivity index (χ3n) is 4.36. The summed E-state index contributed by atoms with van der Waals surface area (Å²) in [6.45, 7) is -0.457. The zero-order valence-electron chi connectivity index (χ0n) is 14.5. The summed E-state index contributed by atoms with van der Waals surface area (Å²) >= 11 is 0. The van der Waals surface area contributed by atoms with E-state index in [0.29, 0.717) is 0 Å². The number of ether oxygens (including phenoxy) is 1. The van der Waals surface area contributed by atoms with Crippen LogP contribution in [-0.2, 0) is 4.74 Å². The van der Waals surface area contributed by atoms with E-state index in [0.717, 1.165) is 5.56 Å². The molecule has 0 aliphatic carbocycles. The lowest BCUT2D eigenvalue weighted by Gasteiger charge is -2.18. The van der Waals surface area contributed by atoms with E-state index in [-0.39, 0.29) is 22.9 Å². The summed E-state index contributed by atoms with van der Waals surface area (Å²) < 4.78 is 7.02. The fourth-order valence-electron chi connectivity index (χ4n) is 2.95. The molecule has 0 aromatic carbocycles. The van der Waals surface area contributed by atoms with E-state index < -0.39 is 31.1 Å². The van der Waals surface area contributed by atoms with Crippen LogP contribution in [0.1, 0.15) is 11.8 Å². The molecule has 0 radical (unpaired) electrons. The first-order valence-electron chi connectivity index (χ1n) is 8.40. The molecule has 6 N–H and O–H groups in total. The maximum absolute atomic E-state index is 10.4. The van der Waals surface area contributed by atoms with Gasteiger partial charge in [-0.05, 0) is 17.7 Å². The first-order chi connectivity index (χ1) is 13.6. The van der Waals surface area contributed by atoms with Gasteiger partial charge >= 0.3 is 0 Å². The minimum Gasteiger partial charge on any atom is -0.394 e. The number of aliphatic hydroxyl groups is 3. The maximum Gasteiger partial charge on any atom is 0.228 e. The number of nitrogens with two attached hydrogens (primary N) is 1. The molecular formula is C16H18N8O4. The highest BCUT2D eigenvalue weighted by Gasteiger charge is 2.45. The second-order valence-electron chi connectivity index (χ2n) is 6.12. The van der Waals surface area contributed by atoms with E-state index in [1.165, 1.54) is 10.9 Å². The Balaban J connectivity index is 1.73. The number of hydrazone groups is 1. The average Bonchev–Trinajstić information content (AvgIpc) is 3.21. The first-order valence-corrected chi connectivity index (χ1v) is 8.40. The maximum atomic E-state index is 10.4. The van der Waals surface area contributed by atoms with E-state index in [1.54, 1.807) is 30.7 Å². The van der Waals surface area contributed by atoms with Gasteiger partial charge in [0.1, 0.15) is 24.6 Å². The number of hydrogen-bond donors (Lipinski definition) is 5. The van der Waals surface area contributed by atoms with E-state index in [9.17, 15) is 15.3 Å². The van der Waals surface area contributed by atoms with Crippen LogP contribution in [0, 0.1) is 0 Å². The molecule has 1 aliphatic rings. The molecule has 0 saturated carbocycles. The summed E-state index contributed by atoms with van der Waals surface area (Å²) in [7, 11) is 0. The molecule has 0 unspecified atom stereocenters. The number of nitrogens with one attached hydrogen (secondary N) is 1. The predicted octanol–water partition coefficient (Wildman–Crippen LogP) is -1.14. The van der Waals surface area contributed by atoms with Gasteiger partial charge in [-0.25, -0.2) is 20.4 Å². The lowest BCUT2D eigenvalue weighted by Crippen LogP contribution is -2.33. The number of imidazole rings is 1. The largest absolute Gasteiger partial charge is 0.394 e. The summed E-state index contributed by atoms with van der Waals surface area (Å²) in [5.74, 6) is 0.305. The van der Waals surface area contributed by atoms with Gasteiger partial charge in [0.2, 0.25) is 5.95 Å². The van der Waals surface area contributed by atoms with Crippen molar-refractivity contribution in [1.29, 1.82) is 0 Å². The number of anilines is 2. The zero-order chi connectivity index (χ0) is 19.7. The van der Waals surface area contributed by atoms with Gasteiger partial charge in [0.15, 0.2) is 23.2 Å². The number of nitrogens with zero attached hydrogens (tertiary/aromatic N) is 6. The van der Waals surface area contributed by atoms with Gasteiger partial charge in [-0.2, -0.15) is 5.10 Å². The van der Waals surface area contributed by atoms with Gasteiger partial charge in [0, 0.05) is 12.4 Å². The van der Waals surface area contributed by atoms with Crippen molar-refractivity contribution in [2.24, 2.45) is 5.10 Å². The van der Waals surface area contributed by atoms with Crippen molar-refractivity contribution in [2.45, 2.75) is 24.5 Å². The normalized spacial score (nSPS) is 25.0. The molecule has 3 aromatic rings. The van der Waals surface area contributed by atoms with E-state index in [2.05, 4.69) is 30.5 Å². The SMILES string of the molecule is Nc1ncnc2c1nc(NN=Cc1ccncc1)n2[C@@H]1O[C@@H](CO)[C@@H](O)[C@H]1O. The van der Waals surface area contributed by atoms with Gasteiger partial charge in [-0.1, -0.05) is 0 Å². The number of pyridine rings is 1. The minimum atomic E-state index is -1.32. The van der Waals surface area contributed by atoms with Crippen molar-refractivity contribution in [3.8, 4) is 0 Å². The van der Waals surface area contributed by atoms with Crippen LogP contribution in [0.25, 0.3) is 11.2 Å². The molecule has 146 valence electrons. The Morgan fingerprint density at radius 1 is 1.25 bits per heavy atom. The lowest BCUT2D eigenvalue weighted by atomic mass is 10.1. The standard InChI is InChI=1S/C16H18N8O4/c17-13-10-14(20-7-19-13)24(15-12(27)11(26)9(6-25)28-15)16(22-10)23-21-5-8-1-3-18-4-2-8/h1-5,7,9,11-12,15,25-27H,6H2,(H,22,23)(H2,17,19,20)/t9-,11+,12+,15+/m0/s1. The Hall–Kier alpha value is -3.19. The quantitative estimate of drug-likeness (QED) is 0.266. The van der Waals surface area contributed by atoms with Crippen LogP contribution in [0.3, 0.4) is 0 Å². The molecular weight excluding hydrogens is 368 g/mol. The minimum absolute atomic E-state index is 0.136. The molecule has 0 amide bonds. The molecule has 12 heteroatoms. The molecule has 12 nitrogen and oxygen atoms in total. The van der Waals surface area contributed by atoms with Gasteiger partial charge in [0.25, 0.3) is 0 Å². The monoisotopic (exact) mass is 386 g/mol. The fraction of sp³-hybridized carbons (Fsp3) is 0.312. The second-order valence-corrected chi connectivity index (χ2v) is 6.12. The van der Waals surface area contributed by atoms with Crippen LogP contribution < -0.4 is 11.2 Å². The molecule has 4 heterocycles. The van der Waals surface area contributed by atoms with Crippen LogP contribution in [0.15, 0.2) is 36.0 Å². The van der Waals surface area contributed by atoms with Gasteiger partial charge in [-0.15, -0.1) is 0 Å². The molecule has 1 fully saturated rings. The van der Waals surface area contributed by atoms with Crippen molar-refractivity contribution >= 4 is 29.1 Å². The van der Waals surface area contributed by atoms with Gasteiger partial charge in [-0.3, -0.25) is 9.55 Å². The molecule has 0 bridgehead atoms. The lowest BCUT2D eigenvalue weighted by molar-refractivity contribution is -0.0501. The van der Waals surface area contributed by atoms with Crippen molar-refractivity contribution < 1.29 is 20.1 Å². The molecule has 4 rings (SSSR count). The number of aliphatic hydroxyl groups excluding tert-OH is 3. The molecule has 1 saturated heterocycles. The average molecular weight is 386 g/mol. The Labute approximate surface area is 158 Å². The number of fused-ring (bicyclic) bond motifs is 1. The van der Waals surface area contributed by atoms with Crippen LogP contribution in [-0.4, -0.2) is 71.0 Å². The van der Waals surface area contributed by atoms with Crippen LogP contribution in [0.5, 0.6) is 0 Å². The Bertz CT molecular complexity index is 995. The summed E-state index contributed by atoms with van der Waals surface area (Å²) in [5.41, 5.74) is 10.0. The Morgan fingerprint density at radius 3 is 2.75 bits per heavy atom. The topological polar surface area (TPSA) is 177 Å². The number of rotatable bonds is 5. The second kappa shape index (κ2) is 7.44. The van der Waals surface area contributed by atoms with Crippen LogP contribution >= 0.6 is 0 Å². The highest BCUT2D eigenvalue weighted by atomic mass is 16.6. The summed E-state index contributed by atoms with van der Waals surface area (Å²) in [6, 6.07) is 3.54. The zero-order valence-corrected chi connectivity index (χ0v) is 14.5. The van der Waals surface area contributed by atoms with Crippen molar-refractivity contribution in [3.63, 3.8) is 0 Å². The number of aromatic nitrogens is 5. The third kappa shape index (κ3) is 3.14. The molecule has 1 aliphatic heterocycles. The highest BCUT2D eigenvalue weighted by molar-refractivity contribution is 5.84. The predicted molar refractivity (Wildman–Crippen MR) is 98.2 cm³/mol. The first kappa shape index (κ1) is 18.2. The highest BCUT2D eigenvalue weighted by Crippen LogP contribution is 2.35. The molecule has 0 spiro atoms. The molecule has 4 atom stereocenters. The van der Waals surface area contributed by atoms with Crippen molar-refractivity contribution in [2.75, 3.05) is 17.8 Å². The Morgan fingerprint density at radius 2 is 2.04 bits per heavy atom. The summed E-state index contributed by atoms with van der Waals surface area (Å²) in [5, 5.41) is 34.0. The number of hydrogen-bond acceptors (Lipinski definition) is 11. The van der Waals surface area contributed by atoms with Crippen LogP contribution in [0.4, 0.5) is 11.8 Å². The van der Waals surface area contributed by atoms with Gasteiger partial charge in [0.05, 0.1) is 12.8 Å². The van der Waals surface area contributed by atoms with E-state index >= 15 is 0 Å². The summed E-state index contributed by atoms with van der Waals surface area (Å²) in [6.07, 6.45) is 1.45. The van der Waals surface area contributed by atoms with Crippen molar-refractivity contribution in [1.82, 2.24) is 24.5 Å². The third-order valence-corrected chi connectivity index (χ3v) is 4.36.